The van der Waals surface area contributed by atoms with Crippen molar-refractivity contribution in [2.24, 2.45) is 0 Å². The number of carbonyl (C=O) groups is 2. The van der Waals surface area contributed by atoms with Crippen LogP contribution >= 0.6 is 23.2 Å². The first-order valence-corrected chi connectivity index (χ1v) is 5.85. The van der Waals surface area contributed by atoms with Gasteiger partial charge in [-0.3, -0.25) is 4.79 Å². The molecule has 0 spiro atoms. The number of carbonyl (C=O) groups excluding carboxylic acids is 1. The summed E-state index contributed by atoms with van der Waals surface area (Å²) in [4.78, 5) is 20.9. The number of aliphatic hydroxyl groups excluding tert-OH is 1. The van der Waals surface area contributed by atoms with Crippen LogP contribution in [0.2, 0.25) is 0 Å². The van der Waals surface area contributed by atoms with E-state index in [4.69, 9.17) is 28.3 Å². The van der Waals surface area contributed by atoms with Crippen LogP contribution in [0.15, 0.2) is 30.3 Å². The van der Waals surface area contributed by atoms with Crippen molar-refractivity contribution < 1.29 is 19.8 Å². The SMILES string of the molecule is O=C(NC(C(=O)O)C(O)c1ccccc1)C(Cl)Cl. The van der Waals surface area contributed by atoms with Crippen molar-refractivity contribution in [3.63, 3.8) is 0 Å². The molecule has 1 aromatic carbocycles. The summed E-state index contributed by atoms with van der Waals surface area (Å²) in [5.41, 5.74) is 0.367. The van der Waals surface area contributed by atoms with E-state index in [1.807, 2.05) is 0 Å². The zero-order valence-electron chi connectivity index (χ0n) is 9.09. The molecule has 0 fully saturated rings. The lowest BCUT2D eigenvalue weighted by atomic mass is 10.0. The average molecular weight is 292 g/mol. The summed E-state index contributed by atoms with van der Waals surface area (Å²) in [6.45, 7) is 0. The summed E-state index contributed by atoms with van der Waals surface area (Å²) < 4.78 is 0. The van der Waals surface area contributed by atoms with Gasteiger partial charge in [-0.25, -0.2) is 4.79 Å². The quantitative estimate of drug-likeness (QED) is 0.709. The minimum Gasteiger partial charge on any atom is -0.480 e. The summed E-state index contributed by atoms with van der Waals surface area (Å²) in [6, 6.07) is 6.59. The van der Waals surface area contributed by atoms with E-state index in [-0.39, 0.29) is 0 Å². The molecule has 0 saturated carbocycles. The number of hydrogen-bond acceptors (Lipinski definition) is 3. The van der Waals surface area contributed by atoms with Gasteiger partial charge in [-0.15, -0.1) is 0 Å². The Morgan fingerprint density at radius 3 is 2.17 bits per heavy atom. The van der Waals surface area contributed by atoms with Crippen molar-refractivity contribution >= 4 is 35.1 Å². The van der Waals surface area contributed by atoms with Crippen LogP contribution in [0.1, 0.15) is 11.7 Å². The Hall–Kier alpha value is -1.30. The Morgan fingerprint density at radius 1 is 1.17 bits per heavy atom. The predicted octanol–water partition coefficient (Wildman–Crippen LogP) is 1.09. The lowest BCUT2D eigenvalue weighted by Gasteiger charge is -2.20. The Morgan fingerprint density at radius 2 is 1.72 bits per heavy atom. The summed E-state index contributed by atoms with van der Waals surface area (Å²) in [5.74, 6) is -2.26. The van der Waals surface area contributed by atoms with Crippen molar-refractivity contribution in [3.05, 3.63) is 35.9 Å². The van der Waals surface area contributed by atoms with Crippen molar-refractivity contribution in [1.82, 2.24) is 5.32 Å². The van der Waals surface area contributed by atoms with Crippen molar-refractivity contribution in [2.45, 2.75) is 17.0 Å². The van der Waals surface area contributed by atoms with Gasteiger partial charge in [-0.1, -0.05) is 53.5 Å². The molecular weight excluding hydrogens is 281 g/mol. The van der Waals surface area contributed by atoms with Crippen molar-refractivity contribution in [1.29, 1.82) is 0 Å². The molecule has 0 aliphatic rings. The molecule has 3 N–H and O–H groups in total. The Labute approximate surface area is 113 Å². The van der Waals surface area contributed by atoms with E-state index in [1.165, 1.54) is 0 Å². The molecule has 0 aromatic heterocycles. The van der Waals surface area contributed by atoms with Crippen LogP contribution in [0.25, 0.3) is 0 Å². The van der Waals surface area contributed by atoms with Crippen molar-refractivity contribution in [2.75, 3.05) is 0 Å². The Kier molecular flexibility index (Phi) is 5.40. The molecule has 2 unspecified atom stereocenters. The highest BCUT2D eigenvalue weighted by molar-refractivity contribution is 6.53. The van der Waals surface area contributed by atoms with Crippen LogP contribution < -0.4 is 5.32 Å². The van der Waals surface area contributed by atoms with Crippen molar-refractivity contribution in [3.8, 4) is 0 Å². The monoisotopic (exact) mass is 291 g/mol. The van der Waals surface area contributed by atoms with Gasteiger partial charge >= 0.3 is 5.97 Å². The molecular formula is C11H11Cl2NO4. The molecule has 0 aliphatic heterocycles. The highest BCUT2D eigenvalue weighted by atomic mass is 35.5. The number of benzene rings is 1. The van der Waals surface area contributed by atoms with Gasteiger partial charge in [0.1, 0.15) is 6.10 Å². The summed E-state index contributed by atoms with van der Waals surface area (Å²) in [7, 11) is 0. The van der Waals surface area contributed by atoms with E-state index in [0.717, 1.165) is 0 Å². The molecule has 18 heavy (non-hydrogen) atoms. The van der Waals surface area contributed by atoms with Crippen LogP contribution in [0.5, 0.6) is 0 Å². The lowest BCUT2D eigenvalue weighted by Crippen LogP contribution is -2.46. The maximum Gasteiger partial charge on any atom is 0.329 e. The Balaban J connectivity index is 2.86. The fourth-order valence-corrected chi connectivity index (χ4v) is 1.46. The molecule has 98 valence electrons. The second-order valence-electron chi connectivity index (χ2n) is 3.48. The molecule has 1 amide bonds. The van der Waals surface area contributed by atoms with Crippen LogP contribution in [-0.4, -0.2) is 33.0 Å². The molecule has 5 nitrogen and oxygen atoms in total. The second-order valence-corrected chi connectivity index (χ2v) is 4.58. The highest BCUT2D eigenvalue weighted by Crippen LogP contribution is 2.17. The average Bonchev–Trinajstić information content (AvgIpc) is 2.35. The number of carboxylic acids is 1. The van der Waals surface area contributed by atoms with E-state index in [0.29, 0.717) is 5.56 Å². The number of nitrogens with one attached hydrogen (secondary N) is 1. The Bertz CT molecular complexity index is 424. The molecule has 0 heterocycles. The van der Waals surface area contributed by atoms with Gasteiger partial charge in [0.05, 0.1) is 0 Å². The summed E-state index contributed by atoms with van der Waals surface area (Å²) in [5, 5.41) is 20.9. The first-order chi connectivity index (χ1) is 8.43. The molecule has 0 saturated heterocycles. The zero-order chi connectivity index (χ0) is 13.7. The number of alkyl halides is 2. The van der Waals surface area contributed by atoms with Gasteiger partial charge in [0.15, 0.2) is 10.9 Å². The normalized spacial score (nSPS) is 14.0. The van der Waals surface area contributed by atoms with Crippen LogP contribution in [-0.2, 0) is 9.59 Å². The molecule has 7 heteroatoms. The van der Waals surface area contributed by atoms with Crippen LogP contribution in [0, 0.1) is 0 Å². The number of aliphatic hydroxyl groups is 1. The smallest absolute Gasteiger partial charge is 0.329 e. The van der Waals surface area contributed by atoms with Crippen LogP contribution in [0.4, 0.5) is 0 Å². The molecule has 1 aromatic rings. The number of halogens is 2. The number of hydrogen-bond donors (Lipinski definition) is 3. The number of aliphatic carboxylic acids is 1. The molecule has 0 bridgehead atoms. The predicted molar refractivity (Wildman–Crippen MR) is 66.5 cm³/mol. The number of rotatable bonds is 5. The first-order valence-electron chi connectivity index (χ1n) is 4.98. The lowest BCUT2D eigenvalue weighted by molar-refractivity contribution is -0.145. The maximum absolute atomic E-state index is 11.2. The number of amides is 1. The molecule has 1 rings (SSSR count). The van der Waals surface area contributed by atoms with Gasteiger partial charge in [-0.05, 0) is 5.56 Å². The van der Waals surface area contributed by atoms with Gasteiger partial charge < -0.3 is 15.5 Å². The third-order valence-corrected chi connectivity index (χ3v) is 2.62. The fourth-order valence-electron chi connectivity index (χ4n) is 1.33. The van der Waals surface area contributed by atoms with Gasteiger partial charge in [0.2, 0.25) is 0 Å². The topological polar surface area (TPSA) is 86.6 Å². The van der Waals surface area contributed by atoms with Gasteiger partial charge in [-0.2, -0.15) is 0 Å². The van der Waals surface area contributed by atoms with E-state index < -0.39 is 28.9 Å². The molecule has 0 radical (unpaired) electrons. The van der Waals surface area contributed by atoms with E-state index in [1.54, 1.807) is 30.3 Å². The fraction of sp³-hybridized carbons (Fsp3) is 0.273. The maximum atomic E-state index is 11.2. The van der Waals surface area contributed by atoms with Crippen LogP contribution in [0.3, 0.4) is 0 Å². The summed E-state index contributed by atoms with van der Waals surface area (Å²) in [6.07, 6.45) is -1.39. The van der Waals surface area contributed by atoms with E-state index in [9.17, 15) is 14.7 Å². The zero-order valence-corrected chi connectivity index (χ0v) is 10.6. The van der Waals surface area contributed by atoms with E-state index in [2.05, 4.69) is 5.32 Å². The number of carboxylic acid groups (broad SMARTS) is 1. The van der Waals surface area contributed by atoms with Gasteiger partial charge in [0, 0.05) is 0 Å². The van der Waals surface area contributed by atoms with E-state index >= 15 is 0 Å². The minimum absolute atomic E-state index is 0.367. The minimum atomic E-state index is -1.51. The largest absolute Gasteiger partial charge is 0.480 e. The second kappa shape index (κ2) is 6.58. The highest BCUT2D eigenvalue weighted by Gasteiger charge is 2.30. The standard InChI is InChI=1S/C11H11Cl2NO4/c12-9(13)10(16)14-7(11(17)18)8(15)6-4-2-1-3-5-6/h1-5,7-9,15H,(H,14,16)(H,17,18). The third-order valence-electron chi connectivity index (χ3n) is 2.22. The van der Waals surface area contributed by atoms with Gasteiger partial charge in [0.25, 0.3) is 5.91 Å². The summed E-state index contributed by atoms with van der Waals surface area (Å²) >= 11 is 10.6. The third kappa shape index (κ3) is 3.87. The molecule has 2 atom stereocenters. The first kappa shape index (κ1) is 14.8. The molecule has 0 aliphatic carbocycles.